The summed E-state index contributed by atoms with van der Waals surface area (Å²) in [4.78, 5) is 11.6. The van der Waals surface area contributed by atoms with Crippen molar-refractivity contribution in [2.24, 2.45) is 5.92 Å². The Labute approximate surface area is 110 Å². The highest BCUT2D eigenvalue weighted by atomic mass is 32.2. The minimum Gasteiger partial charge on any atom is -0.469 e. The number of methoxy groups -OCH3 is 1. The Balaban J connectivity index is 2.94. The van der Waals surface area contributed by atoms with Gasteiger partial charge in [-0.2, -0.15) is 0 Å². The second-order valence-corrected chi connectivity index (χ2v) is 7.13. The van der Waals surface area contributed by atoms with Gasteiger partial charge >= 0.3 is 5.97 Å². The molecule has 0 aromatic rings. The zero-order valence-corrected chi connectivity index (χ0v) is 12.4. The highest BCUT2D eigenvalue weighted by Gasteiger charge is 2.44. The quantitative estimate of drug-likeness (QED) is 0.712. The van der Waals surface area contributed by atoms with E-state index < -0.39 is 27.2 Å². The zero-order chi connectivity index (χ0) is 13.9. The number of nitrogens with zero attached hydrogens (tertiary/aromatic N) is 1. The van der Waals surface area contributed by atoms with Gasteiger partial charge in [-0.1, -0.05) is 13.3 Å². The van der Waals surface area contributed by atoms with Crippen LogP contribution in [0.3, 0.4) is 0 Å². The van der Waals surface area contributed by atoms with Crippen LogP contribution in [0.5, 0.6) is 0 Å². The summed E-state index contributed by atoms with van der Waals surface area (Å²) in [6.45, 7) is 3.82. The van der Waals surface area contributed by atoms with Crippen LogP contribution in [0.1, 0.15) is 39.5 Å². The maximum absolute atomic E-state index is 12.5. The maximum atomic E-state index is 12.5. The van der Waals surface area contributed by atoms with Gasteiger partial charge in [0.25, 0.3) is 0 Å². The molecule has 0 bridgehead atoms. The zero-order valence-electron chi connectivity index (χ0n) is 11.5. The summed E-state index contributed by atoms with van der Waals surface area (Å²) in [5.74, 6) is -0.912. The molecule has 3 atom stereocenters. The summed E-state index contributed by atoms with van der Waals surface area (Å²) in [6.07, 6.45) is 2.66. The molecule has 1 aliphatic rings. The summed E-state index contributed by atoms with van der Waals surface area (Å²) < 4.78 is 31.1. The minimum absolute atomic E-state index is 0.0473. The first-order valence-corrected chi connectivity index (χ1v) is 7.91. The van der Waals surface area contributed by atoms with Crippen LogP contribution in [0.4, 0.5) is 0 Å². The van der Waals surface area contributed by atoms with E-state index in [2.05, 4.69) is 0 Å². The number of hydrogen-bond donors (Lipinski definition) is 0. The van der Waals surface area contributed by atoms with Crippen LogP contribution in [-0.2, 0) is 19.6 Å². The molecule has 0 amide bonds. The summed E-state index contributed by atoms with van der Waals surface area (Å²) in [7, 11) is -0.520. The minimum atomic E-state index is -3.42. The molecule has 1 aliphatic carbocycles. The molecule has 0 saturated heterocycles. The Morgan fingerprint density at radius 2 is 2.06 bits per heavy atom. The predicted molar refractivity (Wildman–Crippen MR) is 69.6 cm³/mol. The van der Waals surface area contributed by atoms with Gasteiger partial charge in [0, 0.05) is 13.1 Å². The third kappa shape index (κ3) is 2.85. The van der Waals surface area contributed by atoms with Crippen LogP contribution in [0.2, 0.25) is 0 Å². The van der Waals surface area contributed by atoms with Gasteiger partial charge < -0.3 is 4.74 Å². The number of carbonyl (C=O) groups is 1. The molecule has 1 saturated carbocycles. The lowest BCUT2D eigenvalue weighted by Gasteiger charge is -2.28. The van der Waals surface area contributed by atoms with Gasteiger partial charge in [0.05, 0.1) is 18.3 Å². The fraction of sp³-hybridized carbons (Fsp3) is 0.917. The first kappa shape index (κ1) is 15.4. The van der Waals surface area contributed by atoms with E-state index in [0.29, 0.717) is 12.8 Å². The molecule has 0 spiro atoms. The van der Waals surface area contributed by atoms with E-state index in [1.165, 1.54) is 11.4 Å². The molecule has 3 unspecified atom stereocenters. The Hall–Kier alpha value is -0.620. The van der Waals surface area contributed by atoms with Crippen molar-refractivity contribution in [3.63, 3.8) is 0 Å². The molecule has 0 radical (unpaired) electrons. The van der Waals surface area contributed by atoms with Crippen molar-refractivity contribution >= 4 is 16.0 Å². The van der Waals surface area contributed by atoms with Crippen molar-refractivity contribution in [1.29, 1.82) is 0 Å². The normalized spacial score (nSPS) is 26.3. The van der Waals surface area contributed by atoms with Gasteiger partial charge in [0.15, 0.2) is 0 Å². The highest BCUT2D eigenvalue weighted by Crippen LogP contribution is 2.34. The Morgan fingerprint density at radius 1 is 1.44 bits per heavy atom. The Morgan fingerprint density at radius 3 is 2.56 bits per heavy atom. The topological polar surface area (TPSA) is 63.7 Å². The molecule has 6 heteroatoms. The second-order valence-electron chi connectivity index (χ2n) is 4.92. The number of ether oxygens (including phenoxy) is 1. The number of rotatable bonds is 5. The first-order valence-electron chi connectivity index (χ1n) is 6.40. The second kappa shape index (κ2) is 6.02. The van der Waals surface area contributed by atoms with Gasteiger partial charge in [-0.3, -0.25) is 4.79 Å². The van der Waals surface area contributed by atoms with Crippen LogP contribution in [0.25, 0.3) is 0 Å². The molecular weight excluding hydrogens is 254 g/mol. The smallest absolute Gasteiger partial charge is 0.310 e. The van der Waals surface area contributed by atoms with E-state index in [-0.39, 0.29) is 6.04 Å². The van der Waals surface area contributed by atoms with Crippen molar-refractivity contribution in [2.45, 2.75) is 50.8 Å². The van der Waals surface area contributed by atoms with Gasteiger partial charge in [0.1, 0.15) is 0 Å². The molecule has 18 heavy (non-hydrogen) atoms. The van der Waals surface area contributed by atoms with E-state index in [9.17, 15) is 13.2 Å². The Kier molecular flexibility index (Phi) is 5.16. The van der Waals surface area contributed by atoms with E-state index in [4.69, 9.17) is 4.74 Å². The molecule has 0 aliphatic heterocycles. The molecule has 1 rings (SSSR count). The van der Waals surface area contributed by atoms with Gasteiger partial charge in [-0.05, 0) is 26.2 Å². The summed E-state index contributed by atoms with van der Waals surface area (Å²) >= 11 is 0. The van der Waals surface area contributed by atoms with Crippen LogP contribution >= 0.6 is 0 Å². The molecule has 0 aromatic heterocycles. The van der Waals surface area contributed by atoms with Gasteiger partial charge in [0.2, 0.25) is 10.0 Å². The first-order chi connectivity index (χ1) is 8.36. The molecular formula is C12H23NO4S. The fourth-order valence-corrected chi connectivity index (χ4v) is 4.63. The summed E-state index contributed by atoms with van der Waals surface area (Å²) in [5, 5.41) is -0.621. The third-order valence-corrected chi connectivity index (χ3v) is 6.44. The molecule has 0 aromatic carbocycles. The van der Waals surface area contributed by atoms with E-state index in [0.717, 1.165) is 12.8 Å². The van der Waals surface area contributed by atoms with Crippen molar-refractivity contribution < 1.29 is 17.9 Å². The predicted octanol–water partition coefficient (Wildman–Crippen LogP) is 1.39. The van der Waals surface area contributed by atoms with Crippen LogP contribution in [-0.4, -0.2) is 44.1 Å². The van der Waals surface area contributed by atoms with Crippen molar-refractivity contribution in [3.05, 3.63) is 0 Å². The van der Waals surface area contributed by atoms with Gasteiger partial charge in [-0.15, -0.1) is 0 Å². The van der Waals surface area contributed by atoms with Crippen molar-refractivity contribution in [3.8, 4) is 0 Å². The van der Waals surface area contributed by atoms with Crippen LogP contribution < -0.4 is 0 Å². The van der Waals surface area contributed by atoms with E-state index >= 15 is 0 Å². The highest BCUT2D eigenvalue weighted by molar-refractivity contribution is 7.89. The maximum Gasteiger partial charge on any atom is 0.310 e. The standard InChI is InChI=1S/C12H23NO4S/c1-5-9(2)13(3)18(15,16)11-8-6-7-10(11)12(14)17-4/h9-11H,5-8H2,1-4H3. The molecule has 1 fully saturated rings. The van der Waals surface area contributed by atoms with Crippen LogP contribution in [0.15, 0.2) is 0 Å². The Bertz CT molecular complexity index is 393. The van der Waals surface area contributed by atoms with E-state index in [1.54, 1.807) is 7.05 Å². The van der Waals surface area contributed by atoms with Crippen LogP contribution in [0, 0.1) is 5.92 Å². The molecule has 5 nitrogen and oxygen atoms in total. The largest absolute Gasteiger partial charge is 0.469 e. The monoisotopic (exact) mass is 277 g/mol. The molecule has 0 heterocycles. The molecule has 106 valence electrons. The average molecular weight is 277 g/mol. The number of esters is 1. The SMILES string of the molecule is CCC(C)N(C)S(=O)(=O)C1CCCC1C(=O)OC. The summed E-state index contributed by atoms with van der Waals surface area (Å²) in [5.41, 5.74) is 0. The van der Waals surface area contributed by atoms with E-state index in [1.807, 2.05) is 13.8 Å². The van der Waals surface area contributed by atoms with Crippen molar-refractivity contribution in [1.82, 2.24) is 4.31 Å². The number of hydrogen-bond acceptors (Lipinski definition) is 4. The van der Waals surface area contributed by atoms with Gasteiger partial charge in [-0.25, -0.2) is 12.7 Å². The summed E-state index contributed by atoms with van der Waals surface area (Å²) in [6, 6.07) is -0.0473. The lowest BCUT2D eigenvalue weighted by atomic mass is 10.1. The number of sulfonamides is 1. The average Bonchev–Trinajstić information content (AvgIpc) is 2.85. The lowest BCUT2D eigenvalue weighted by Crippen LogP contribution is -2.44. The lowest BCUT2D eigenvalue weighted by molar-refractivity contribution is -0.145. The fourth-order valence-electron chi connectivity index (χ4n) is 2.43. The van der Waals surface area contributed by atoms with Crippen molar-refractivity contribution in [2.75, 3.05) is 14.2 Å². The molecule has 0 N–H and O–H groups in total. The third-order valence-electron chi connectivity index (χ3n) is 3.95. The number of carbonyl (C=O) groups excluding carboxylic acids is 1.